The van der Waals surface area contributed by atoms with E-state index in [9.17, 15) is 0 Å². The fourth-order valence-electron chi connectivity index (χ4n) is 2.12. The maximum atomic E-state index is 9.09. The molecule has 0 saturated heterocycles. The van der Waals surface area contributed by atoms with E-state index in [0.717, 1.165) is 28.0 Å². The van der Waals surface area contributed by atoms with Crippen LogP contribution in [-0.2, 0) is 0 Å². The molecular formula is C13H22N2O2. The number of hydrogen-bond acceptors (Lipinski definition) is 4. The third-order valence-corrected chi connectivity index (χ3v) is 3.33. The molecule has 5 N–H and O–H groups in total. The first-order valence-corrected chi connectivity index (χ1v) is 5.70. The number of ether oxygens (including phenoxy) is 1. The molecule has 0 spiro atoms. The smallest absolute Gasteiger partial charge is 0.122 e. The minimum Gasteiger partial charge on any atom is -0.496 e. The molecule has 1 aromatic carbocycles. The zero-order valence-corrected chi connectivity index (χ0v) is 10.9. The average Bonchev–Trinajstić information content (AvgIpc) is 2.32. The molecule has 0 fully saturated rings. The van der Waals surface area contributed by atoms with Gasteiger partial charge in [-0.3, -0.25) is 0 Å². The van der Waals surface area contributed by atoms with Gasteiger partial charge in [-0.25, -0.2) is 0 Å². The zero-order chi connectivity index (χ0) is 13.2. The molecule has 0 radical (unpaired) electrons. The van der Waals surface area contributed by atoms with Crippen molar-refractivity contribution in [2.24, 2.45) is 11.5 Å². The lowest BCUT2D eigenvalue weighted by atomic mass is 9.89. The Kier molecular flexibility index (Phi) is 4.51. The number of nitrogens with two attached hydrogens (primary N) is 2. The second kappa shape index (κ2) is 5.49. The topological polar surface area (TPSA) is 81.5 Å². The molecule has 2 atom stereocenters. The number of benzene rings is 1. The van der Waals surface area contributed by atoms with E-state index in [1.54, 1.807) is 7.11 Å². The van der Waals surface area contributed by atoms with Gasteiger partial charge in [-0.1, -0.05) is 0 Å². The van der Waals surface area contributed by atoms with Crippen molar-refractivity contribution in [3.63, 3.8) is 0 Å². The van der Waals surface area contributed by atoms with Crippen molar-refractivity contribution in [3.05, 3.63) is 28.3 Å². The third-order valence-electron chi connectivity index (χ3n) is 3.33. The van der Waals surface area contributed by atoms with Gasteiger partial charge in [0.25, 0.3) is 0 Å². The van der Waals surface area contributed by atoms with Crippen LogP contribution >= 0.6 is 0 Å². The Morgan fingerprint density at radius 3 is 2.29 bits per heavy atom. The first kappa shape index (κ1) is 14.0. The van der Waals surface area contributed by atoms with Gasteiger partial charge in [0.1, 0.15) is 5.75 Å². The average molecular weight is 238 g/mol. The maximum absolute atomic E-state index is 9.09. The molecule has 0 bridgehead atoms. The summed E-state index contributed by atoms with van der Waals surface area (Å²) in [7, 11) is 1.65. The van der Waals surface area contributed by atoms with Crippen molar-refractivity contribution in [1.29, 1.82) is 0 Å². The van der Waals surface area contributed by atoms with Gasteiger partial charge in [-0.2, -0.15) is 0 Å². The van der Waals surface area contributed by atoms with Crippen LogP contribution in [0, 0.1) is 20.8 Å². The van der Waals surface area contributed by atoms with Crippen molar-refractivity contribution in [1.82, 2.24) is 0 Å². The molecule has 0 amide bonds. The Morgan fingerprint density at radius 1 is 1.24 bits per heavy atom. The highest BCUT2D eigenvalue weighted by molar-refractivity contribution is 5.49. The summed E-state index contributed by atoms with van der Waals surface area (Å²) in [4.78, 5) is 0. The molecule has 0 aliphatic heterocycles. The number of aliphatic hydroxyl groups excluding tert-OH is 1. The summed E-state index contributed by atoms with van der Waals surface area (Å²) in [6.07, 6.45) is 0. The molecule has 1 rings (SSSR count). The summed E-state index contributed by atoms with van der Waals surface area (Å²) < 4.78 is 5.31. The first-order chi connectivity index (χ1) is 7.93. The van der Waals surface area contributed by atoms with E-state index >= 15 is 0 Å². The number of aryl methyl sites for hydroxylation is 1. The number of aliphatic hydroxyl groups is 1. The Labute approximate surface area is 103 Å². The lowest BCUT2D eigenvalue weighted by Crippen LogP contribution is -2.38. The van der Waals surface area contributed by atoms with E-state index in [0.29, 0.717) is 0 Å². The summed E-state index contributed by atoms with van der Waals surface area (Å²) in [5.74, 6) is 0.855. The van der Waals surface area contributed by atoms with Crippen LogP contribution in [0.5, 0.6) is 5.75 Å². The molecule has 96 valence electrons. The third kappa shape index (κ3) is 2.60. The second-order valence-electron chi connectivity index (χ2n) is 4.43. The fraction of sp³-hybridized carbons (Fsp3) is 0.538. The largest absolute Gasteiger partial charge is 0.496 e. The molecule has 4 nitrogen and oxygen atoms in total. The quantitative estimate of drug-likeness (QED) is 0.729. The molecule has 0 aliphatic rings. The van der Waals surface area contributed by atoms with Crippen molar-refractivity contribution in [3.8, 4) is 5.75 Å². The summed E-state index contributed by atoms with van der Waals surface area (Å²) in [5.41, 5.74) is 16.1. The van der Waals surface area contributed by atoms with Gasteiger partial charge in [0.15, 0.2) is 0 Å². The fourth-order valence-corrected chi connectivity index (χ4v) is 2.12. The summed E-state index contributed by atoms with van der Waals surface area (Å²) in [6, 6.07) is 1.16. The molecule has 0 aromatic heterocycles. The van der Waals surface area contributed by atoms with Crippen molar-refractivity contribution in [2.45, 2.75) is 32.9 Å². The van der Waals surface area contributed by atoms with Gasteiger partial charge in [0, 0.05) is 12.1 Å². The van der Waals surface area contributed by atoms with Gasteiger partial charge in [0.2, 0.25) is 0 Å². The van der Waals surface area contributed by atoms with Crippen LogP contribution in [0.3, 0.4) is 0 Å². The van der Waals surface area contributed by atoms with E-state index in [1.807, 2.05) is 26.8 Å². The Hall–Kier alpha value is -1.10. The number of hydrogen-bond donors (Lipinski definition) is 3. The van der Waals surface area contributed by atoms with Crippen molar-refractivity contribution in [2.75, 3.05) is 13.7 Å². The van der Waals surface area contributed by atoms with E-state index in [1.165, 1.54) is 0 Å². The summed E-state index contributed by atoms with van der Waals surface area (Å²) in [6.45, 7) is 5.86. The molecule has 17 heavy (non-hydrogen) atoms. The molecule has 1 aromatic rings. The number of methoxy groups -OCH3 is 1. The predicted molar refractivity (Wildman–Crippen MR) is 69.2 cm³/mol. The standard InChI is InChI=1S/C13H22N2O2/c1-7-5-11(17-4)8(2)9(3)12(7)13(15)10(14)6-16/h5,10,13,16H,6,14-15H2,1-4H3. The monoisotopic (exact) mass is 238 g/mol. The highest BCUT2D eigenvalue weighted by atomic mass is 16.5. The Bertz CT molecular complexity index is 405. The van der Waals surface area contributed by atoms with Crippen LogP contribution in [0.15, 0.2) is 6.07 Å². The van der Waals surface area contributed by atoms with Gasteiger partial charge in [0.05, 0.1) is 13.7 Å². The number of rotatable bonds is 4. The minimum absolute atomic E-state index is 0.120. The highest BCUT2D eigenvalue weighted by Gasteiger charge is 2.21. The van der Waals surface area contributed by atoms with Gasteiger partial charge >= 0.3 is 0 Å². The molecule has 0 aliphatic carbocycles. The van der Waals surface area contributed by atoms with Crippen LogP contribution in [0.2, 0.25) is 0 Å². The van der Waals surface area contributed by atoms with Crippen LogP contribution in [0.1, 0.15) is 28.3 Å². The highest BCUT2D eigenvalue weighted by Crippen LogP contribution is 2.31. The van der Waals surface area contributed by atoms with Crippen LogP contribution in [0.4, 0.5) is 0 Å². The van der Waals surface area contributed by atoms with Gasteiger partial charge in [-0.05, 0) is 49.1 Å². The van der Waals surface area contributed by atoms with Crippen molar-refractivity contribution >= 4 is 0 Å². The van der Waals surface area contributed by atoms with E-state index in [-0.39, 0.29) is 12.6 Å². The maximum Gasteiger partial charge on any atom is 0.122 e. The first-order valence-electron chi connectivity index (χ1n) is 5.70. The molecule has 0 saturated carbocycles. The second-order valence-corrected chi connectivity index (χ2v) is 4.43. The van der Waals surface area contributed by atoms with E-state index < -0.39 is 6.04 Å². The normalized spacial score (nSPS) is 14.5. The molecule has 4 heteroatoms. The van der Waals surface area contributed by atoms with E-state index in [4.69, 9.17) is 21.3 Å². The van der Waals surface area contributed by atoms with Gasteiger partial charge < -0.3 is 21.3 Å². The van der Waals surface area contributed by atoms with E-state index in [2.05, 4.69) is 0 Å². The van der Waals surface area contributed by atoms with Crippen molar-refractivity contribution < 1.29 is 9.84 Å². The lowest BCUT2D eigenvalue weighted by Gasteiger charge is -2.24. The van der Waals surface area contributed by atoms with Crippen LogP contribution in [0.25, 0.3) is 0 Å². The molecule has 0 heterocycles. The van der Waals surface area contributed by atoms with Gasteiger partial charge in [-0.15, -0.1) is 0 Å². The SMILES string of the molecule is COc1cc(C)c(C(N)C(N)CO)c(C)c1C. The predicted octanol–water partition coefficient (Wildman–Crippen LogP) is 0.940. The molecular weight excluding hydrogens is 216 g/mol. The summed E-state index contributed by atoms with van der Waals surface area (Å²) in [5, 5.41) is 9.09. The Balaban J connectivity index is 3.30. The van der Waals surface area contributed by atoms with Crippen LogP contribution < -0.4 is 16.2 Å². The summed E-state index contributed by atoms with van der Waals surface area (Å²) >= 11 is 0. The minimum atomic E-state index is -0.444. The van der Waals surface area contributed by atoms with Crippen LogP contribution in [-0.4, -0.2) is 24.9 Å². The lowest BCUT2D eigenvalue weighted by molar-refractivity contribution is 0.249. The molecule has 2 unspecified atom stereocenters. The Morgan fingerprint density at radius 2 is 1.82 bits per heavy atom. The zero-order valence-electron chi connectivity index (χ0n) is 10.9.